The first-order valence-electron chi connectivity index (χ1n) is 8.76. The summed E-state index contributed by atoms with van der Waals surface area (Å²) in [6.45, 7) is 3.35. The number of rotatable bonds is 5. The first-order chi connectivity index (χ1) is 13.4. The predicted octanol–water partition coefficient (Wildman–Crippen LogP) is 3.32. The highest BCUT2D eigenvalue weighted by molar-refractivity contribution is 7.91. The third-order valence-corrected chi connectivity index (χ3v) is 9.81. The fourth-order valence-electron chi connectivity index (χ4n) is 3.02. The van der Waals surface area contributed by atoms with E-state index in [4.69, 9.17) is 0 Å². The van der Waals surface area contributed by atoms with Crippen molar-refractivity contribution in [3.05, 3.63) is 45.6 Å². The molecule has 0 spiro atoms. The lowest BCUT2D eigenvalue weighted by Crippen LogP contribution is -2.50. The van der Waals surface area contributed by atoms with Gasteiger partial charge in [-0.25, -0.2) is 13.4 Å². The molecular weight excluding hydrogens is 434 g/mol. The molecule has 6 nitrogen and oxygen atoms in total. The van der Waals surface area contributed by atoms with Gasteiger partial charge in [-0.1, -0.05) is 6.07 Å². The molecule has 0 saturated carbocycles. The van der Waals surface area contributed by atoms with Gasteiger partial charge in [0.15, 0.2) is 0 Å². The summed E-state index contributed by atoms with van der Waals surface area (Å²) in [7, 11) is -3.47. The lowest BCUT2D eigenvalue weighted by Gasteiger charge is -2.33. The fourth-order valence-corrected chi connectivity index (χ4v) is 7.52. The second-order valence-electron chi connectivity index (χ2n) is 6.45. The lowest BCUT2D eigenvalue weighted by atomic mass is 10.2. The molecule has 1 fully saturated rings. The number of nitrogens with zero attached hydrogens (tertiary/aromatic N) is 3. The molecule has 4 rings (SSSR count). The van der Waals surface area contributed by atoms with Gasteiger partial charge in [0.05, 0.1) is 17.0 Å². The van der Waals surface area contributed by atoms with E-state index in [1.165, 1.54) is 15.6 Å². The van der Waals surface area contributed by atoms with E-state index in [0.717, 1.165) is 20.5 Å². The Hall–Kier alpha value is -1.59. The number of aromatic nitrogens is 1. The minimum Gasteiger partial charge on any atom is -0.340 e. The summed E-state index contributed by atoms with van der Waals surface area (Å²) in [5.74, 6) is -0.00737. The number of hydrogen-bond acceptors (Lipinski definition) is 7. The second-order valence-corrected chi connectivity index (χ2v) is 11.7. The van der Waals surface area contributed by atoms with Gasteiger partial charge in [-0.3, -0.25) is 4.79 Å². The molecule has 0 radical (unpaired) electrons. The van der Waals surface area contributed by atoms with Gasteiger partial charge in [-0.15, -0.1) is 34.0 Å². The standard InChI is InChI=1S/C18H19N3O3S4/c1-13-4-5-17(27-13)28(23,24)21-8-6-20(7-9-21)16(22)11-14-12-26-18(19-14)15-3-2-10-25-15/h2-5,10,12H,6-9,11H2,1H3. The SMILES string of the molecule is Cc1ccc(S(=O)(=O)N2CCN(C(=O)Cc3csc(-c4cccs4)n3)CC2)s1. The Labute approximate surface area is 176 Å². The van der Waals surface area contributed by atoms with Crippen molar-refractivity contribution >= 4 is 49.9 Å². The van der Waals surface area contributed by atoms with Gasteiger partial charge >= 0.3 is 0 Å². The second kappa shape index (κ2) is 8.03. The number of aryl methyl sites for hydroxylation is 1. The quantitative estimate of drug-likeness (QED) is 0.594. The Balaban J connectivity index is 1.35. The van der Waals surface area contributed by atoms with Crippen molar-refractivity contribution in [2.45, 2.75) is 17.6 Å². The largest absolute Gasteiger partial charge is 0.340 e. The summed E-state index contributed by atoms with van der Waals surface area (Å²) >= 11 is 4.45. The molecule has 0 unspecified atom stereocenters. The zero-order valence-corrected chi connectivity index (χ0v) is 18.5. The first-order valence-corrected chi connectivity index (χ1v) is 12.8. The maximum Gasteiger partial charge on any atom is 0.252 e. The van der Waals surface area contributed by atoms with Crippen LogP contribution in [0.2, 0.25) is 0 Å². The molecular formula is C18H19N3O3S4. The van der Waals surface area contributed by atoms with E-state index >= 15 is 0 Å². The number of piperazine rings is 1. The summed E-state index contributed by atoms with van der Waals surface area (Å²) in [6, 6.07) is 7.47. The summed E-state index contributed by atoms with van der Waals surface area (Å²) in [5, 5.41) is 4.86. The summed E-state index contributed by atoms with van der Waals surface area (Å²) in [6.07, 6.45) is 0.249. The molecule has 1 aliphatic heterocycles. The molecule has 3 aromatic rings. The molecule has 1 aliphatic rings. The Morgan fingerprint density at radius 1 is 1.14 bits per heavy atom. The van der Waals surface area contributed by atoms with Crippen LogP contribution in [-0.4, -0.2) is 54.7 Å². The Bertz CT molecular complexity index is 1060. The highest BCUT2D eigenvalue weighted by atomic mass is 32.2. The van der Waals surface area contributed by atoms with Crippen LogP contribution in [0.25, 0.3) is 9.88 Å². The fraction of sp³-hybridized carbons (Fsp3) is 0.333. The number of thiophene rings is 2. The summed E-state index contributed by atoms with van der Waals surface area (Å²) in [5.41, 5.74) is 0.766. The molecule has 148 valence electrons. The van der Waals surface area contributed by atoms with Crippen molar-refractivity contribution in [2.24, 2.45) is 0 Å². The van der Waals surface area contributed by atoms with Gasteiger partial charge in [0.1, 0.15) is 9.22 Å². The van der Waals surface area contributed by atoms with E-state index in [0.29, 0.717) is 30.4 Å². The maximum absolute atomic E-state index is 12.7. The number of sulfonamides is 1. The summed E-state index contributed by atoms with van der Waals surface area (Å²) in [4.78, 5) is 21.0. The van der Waals surface area contributed by atoms with E-state index in [9.17, 15) is 13.2 Å². The molecule has 1 saturated heterocycles. The van der Waals surface area contributed by atoms with Crippen LogP contribution in [0.4, 0.5) is 0 Å². The Kier molecular flexibility index (Phi) is 5.66. The molecule has 1 amide bonds. The zero-order chi connectivity index (χ0) is 19.7. The molecule has 0 atom stereocenters. The van der Waals surface area contributed by atoms with Gasteiger partial charge in [0.2, 0.25) is 5.91 Å². The predicted molar refractivity (Wildman–Crippen MR) is 114 cm³/mol. The van der Waals surface area contributed by atoms with Gasteiger partial charge in [-0.05, 0) is 30.5 Å². The van der Waals surface area contributed by atoms with Crippen LogP contribution in [0.1, 0.15) is 10.6 Å². The summed E-state index contributed by atoms with van der Waals surface area (Å²) < 4.78 is 27.3. The highest BCUT2D eigenvalue weighted by Crippen LogP contribution is 2.28. The number of carbonyl (C=O) groups is 1. The minimum atomic E-state index is -3.47. The van der Waals surface area contributed by atoms with Gasteiger partial charge < -0.3 is 4.90 Å². The van der Waals surface area contributed by atoms with E-state index in [-0.39, 0.29) is 12.3 Å². The van der Waals surface area contributed by atoms with E-state index in [2.05, 4.69) is 4.98 Å². The molecule has 0 aromatic carbocycles. The first kappa shape index (κ1) is 19.7. The monoisotopic (exact) mass is 453 g/mol. The number of hydrogen-bond donors (Lipinski definition) is 0. The number of amides is 1. The van der Waals surface area contributed by atoms with Crippen molar-refractivity contribution in [1.29, 1.82) is 0 Å². The van der Waals surface area contributed by atoms with Gasteiger partial charge in [0.25, 0.3) is 10.0 Å². The van der Waals surface area contributed by atoms with Crippen molar-refractivity contribution < 1.29 is 13.2 Å². The Morgan fingerprint density at radius 2 is 1.93 bits per heavy atom. The highest BCUT2D eigenvalue weighted by Gasteiger charge is 2.31. The van der Waals surface area contributed by atoms with Gasteiger partial charge in [0, 0.05) is 36.4 Å². The molecule has 10 heteroatoms. The normalized spacial score (nSPS) is 15.8. The van der Waals surface area contributed by atoms with Crippen molar-refractivity contribution in [2.75, 3.05) is 26.2 Å². The molecule has 0 bridgehead atoms. The van der Waals surface area contributed by atoms with Crippen molar-refractivity contribution in [1.82, 2.24) is 14.2 Å². The van der Waals surface area contributed by atoms with Crippen LogP contribution in [0.3, 0.4) is 0 Å². The van der Waals surface area contributed by atoms with E-state index in [1.807, 2.05) is 35.9 Å². The molecule has 4 heterocycles. The average molecular weight is 454 g/mol. The Morgan fingerprint density at radius 3 is 2.57 bits per heavy atom. The lowest BCUT2D eigenvalue weighted by molar-refractivity contribution is -0.131. The molecule has 28 heavy (non-hydrogen) atoms. The third kappa shape index (κ3) is 4.06. The average Bonchev–Trinajstić information content (AvgIpc) is 3.43. The molecule has 0 N–H and O–H groups in total. The van der Waals surface area contributed by atoms with Crippen molar-refractivity contribution in [3.8, 4) is 9.88 Å². The zero-order valence-electron chi connectivity index (χ0n) is 15.2. The van der Waals surface area contributed by atoms with Crippen LogP contribution in [-0.2, 0) is 21.2 Å². The van der Waals surface area contributed by atoms with E-state index in [1.54, 1.807) is 33.6 Å². The smallest absolute Gasteiger partial charge is 0.252 e. The van der Waals surface area contributed by atoms with Crippen LogP contribution in [0, 0.1) is 6.92 Å². The third-order valence-electron chi connectivity index (χ3n) is 4.52. The van der Waals surface area contributed by atoms with Crippen LogP contribution in [0.5, 0.6) is 0 Å². The maximum atomic E-state index is 12.7. The van der Waals surface area contributed by atoms with Crippen molar-refractivity contribution in [3.63, 3.8) is 0 Å². The number of carbonyl (C=O) groups excluding carboxylic acids is 1. The van der Waals surface area contributed by atoms with Crippen LogP contribution < -0.4 is 0 Å². The van der Waals surface area contributed by atoms with E-state index < -0.39 is 10.0 Å². The van der Waals surface area contributed by atoms with Crippen LogP contribution >= 0.6 is 34.0 Å². The topological polar surface area (TPSA) is 70.6 Å². The molecule has 0 aliphatic carbocycles. The molecule has 3 aromatic heterocycles. The minimum absolute atomic E-state index is 0.00737. The van der Waals surface area contributed by atoms with Gasteiger partial charge in [-0.2, -0.15) is 4.31 Å². The van der Waals surface area contributed by atoms with Crippen LogP contribution in [0.15, 0.2) is 39.2 Å². The number of thiazole rings is 1.